The molecule has 2 heterocycles. The molecule has 158 valence electrons. The van der Waals surface area contributed by atoms with E-state index in [0.717, 1.165) is 16.8 Å². The van der Waals surface area contributed by atoms with Crippen LogP contribution in [0.1, 0.15) is 27.4 Å². The molecule has 9 heteroatoms. The lowest BCUT2D eigenvalue weighted by molar-refractivity contribution is -0.115. The highest BCUT2D eigenvalue weighted by Crippen LogP contribution is 2.26. The smallest absolute Gasteiger partial charge is 0.251 e. The molecule has 0 unspecified atom stereocenters. The van der Waals surface area contributed by atoms with E-state index in [-0.39, 0.29) is 18.4 Å². The van der Waals surface area contributed by atoms with Gasteiger partial charge in [-0.1, -0.05) is 23.4 Å². The summed E-state index contributed by atoms with van der Waals surface area (Å²) < 4.78 is 11.0. The van der Waals surface area contributed by atoms with Gasteiger partial charge >= 0.3 is 0 Å². The standard InChI is InChI=1S/C22H21N5O4/c1-13-18(14(2)31-27-13)12-30-16-8-9-19-17(10-16)21(26-25-19)24-20(28)11-23-22(29)15-6-4-3-5-7-15/h3-10H,11-12H2,1-2H3,(H,23,29)(H2,24,25,26,28). The molecular weight excluding hydrogens is 398 g/mol. The molecule has 0 saturated heterocycles. The molecule has 0 spiro atoms. The average molecular weight is 419 g/mol. The number of carbonyl (C=O) groups excluding carboxylic acids is 2. The highest BCUT2D eigenvalue weighted by Gasteiger charge is 2.13. The maximum atomic E-state index is 12.3. The summed E-state index contributed by atoms with van der Waals surface area (Å²) in [6.07, 6.45) is 0. The maximum Gasteiger partial charge on any atom is 0.251 e. The number of hydrogen-bond acceptors (Lipinski definition) is 6. The number of nitrogens with one attached hydrogen (secondary N) is 3. The van der Waals surface area contributed by atoms with Crippen molar-refractivity contribution in [2.24, 2.45) is 0 Å². The third kappa shape index (κ3) is 4.55. The summed E-state index contributed by atoms with van der Waals surface area (Å²) in [5.41, 5.74) is 2.91. The number of nitrogens with zero attached hydrogens (tertiary/aromatic N) is 2. The lowest BCUT2D eigenvalue weighted by atomic mass is 10.2. The molecule has 0 radical (unpaired) electrons. The fourth-order valence-corrected chi connectivity index (χ4v) is 3.07. The molecule has 0 saturated carbocycles. The van der Waals surface area contributed by atoms with Crippen LogP contribution in [-0.4, -0.2) is 33.7 Å². The van der Waals surface area contributed by atoms with Crippen molar-refractivity contribution in [1.29, 1.82) is 0 Å². The Balaban J connectivity index is 1.40. The first-order valence-electron chi connectivity index (χ1n) is 9.67. The van der Waals surface area contributed by atoms with Crippen LogP contribution in [0.5, 0.6) is 5.75 Å². The van der Waals surface area contributed by atoms with Crippen LogP contribution in [0, 0.1) is 13.8 Å². The van der Waals surface area contributed by atoms with E-state index in [2.05, 4.69) is 26.0 Å². The van der Waals surface area contributed by atoms with Crippen LogP contribution in [0.2, 0.25) is 0 Å². The van der Waals surface area contributed by atoms with E-state index in [4.69, 9.17) is 9.26 Å². The van der Waals surface area contributed by atoms with Crippen molar-refractivity contribution >= 4 is 28.5 Å². The van der Waals surface area contributed by atoms with Crippen LogP contribution in [0.3, 0.4) is 0 Å². The molecule has 0 aliphatic rings. The zero-order valence-corrected chi connectivity index (χ0v) is 17.1. The number of aryl methyl sites for hydroxylation is 2. The number of H-pyrrole nitrogens is 1. The third-order valence-electron chi connectivity index (χ3n) is 4.80. The van der Waals surface area contributed by atoms with Gasteiger partial charge in [-0.05, 0) is 44.2 Å². The van der Waals surface area contributed by atoms with Crippen LogP contribution < -0.4 is 15.4 Å². The number of ether oxygens (including phenoxy) is 1. The second-order valence-corrected chi connectivity index (χ2v) is 6.97. The molecule has 4 rings (SSSR count). The molecule has 9 nitrogen and oxygen atoms in total. The number of carbonyl (C=O) groups is 2. The van der Waals surface area contributed by atoms with Crippen LogP contribution >= 0.6 is 0 Å². The first kappa shape index (κ1) is 20.1. The van der Waals surface area contributed by atoms with Crippen molar-refractivity contribution in [3.63, 3.8) is 0 Å². The molecular formula is C22H21N5O4. The zero-order valence-electron chi connectivity index (χ0n) is 17.1. The Hall–Kier alpha value is -4.14. The van der Waals surface area contributed by atoms with Crippen molar-refractivity contribution in [1.82, 2.24) is 20.7 Å². The summed E-state index contributed by atoms with van der Waals surface area (Å²) in [6, 6.07) is 14.1. The van der Waals surface area contributed by atoms with E-state index in [9.17, 15) is 9.59 Å². The van der Waals surface area contributed by atoms with Crippen LogP contribution in [-0.2, 0) is 11.4 Å². The molecule has 2 amide bonds. The lowest BCUT2D eigenvalue weighted by Crippen LogP contribution is -2.32. The van der Waals surface area contributed by atoms with Crippen LogP contribution in [0.25, 0.3) is 10.9 Å². The summed E-state index contributed by atoms with van der Waals surface area (Å²) in [6.45, 7) is 3.84. The van der Waals surface area contributed by atoms with E-state index >= 15 is 0 Å². The highest BCUT2D eigenvalue weighted by atomic mass is 16.5. The summed E-state index contributed by atoms with van der Waals surface area (Å²) in [5.74, 6) is 0.975. The Morgan fingerprint density at radius 2 is 1.94 bits per heavy atom. The van der Waals surface area contributed by atoms with Crippen molar-refractivity contribution in [3.8, 4) is 5.75 Å². The molecule has 4 aromatic rings. The van der Waals surface area contributed by atoms with Gasteiger partial charge in [0.15, 0.2) is 5.82 Å². The van der Waals surface area contributed by atoms with Gasteiger partial charge in [0.2, 0.25) is 5.91 Å². The van der Waals surface area contributed by atoms with E-state index in [1.165, 1.54) is 0 Å². The van der Waals surface area contributed by atoms with Gasteiger partial charge in [-0.25, -0.2) is 0 Å². The number of anilines is 1. The number of benzene rings is 2. The Kier molecular flexibility index (Phi) is 5.65. The van der Waals surface area contributed by atoms with Gasteiger partial charge in [0.05, 0.1) is 23.3 Å². The minimum Gasteiger partial charge on any atom is -0.489 e. The Bertz CT molecular complexity index is 1210. The van der Waals surface area contributed by atoms with Crippen molar-refractivity contribution in [2.45, 2.75) is 20.5 Å². The number of rotatable bonds is 7. The topological polar surface area (TPSA) is 122 Å². The van der Waals surface area contributed by atoms with Crippen molar-refractivity contribution in [2.75, 3.05) is 11.9 Å². The predicted molar refractivity (Wildman–Crippen MR) is 114 cm³/mol. The monoisotopic (exact) mass is 419 g/mol. The van der Waals surface area contributed by atoms with Gasteiger partial charge in [-0.15, -0.1) is 0 Å². The molecule has 0 bridgehead atoms. The molecule has 3 N–H and O–H groups in total. The fourth-order valence-electron chi connectivity index (χ4n) is 3.07. The first-order chi connectivity index (χ1) is 15.0. The molecule has 2 aromatic heterocycles. The predicted octanol–water partition coefficient (Wildman–Crippen LogP) is 3.12. The summed E-state index contributed by atoms with van der Waals surface area (Å²) in [4.78, 5) is 24.4. The minimum atomic E-state index is -0.389. The van der Waals surface area contributed by atoms with Crippen molar-refractivity contribution < 1.29 is 18.8 Å². The SMILES string of the molecule is Cc1noc(C)c1COc1ccc2[nH]nc(NC(=O)CNC(=O)c3ccccc3)c2c1. The highest BCUT2D eigenvalue weighted by molar-refractivity contribution is 6.03. The Labute approximate surface area is 177 Å². The maximum absolute atomic E-state index is 12.3. The largest absolute Gasteiger partial charge is 0.489 e. The third-order valence-corrected chi connectivity index (χ3v) is 4.80. The molecule has 0 aliphatic carbocycles. The van der Waals surface area contributed by atoms with Gasteiger partial charge < -0.3 is 19.9 Å². The number of aromatic amines is 1. The number of hydrogen-bond donors (Lipinski definition) is 3. The molecule has 0 atom stereocenters. The van der Waals surface area contributed by atoms with Crippen LogP contribution in [0.4, 0.5) is 5.82 Å². The molecule has 31 heavy (non-hydrogen) atoms. The number of amides is 2. The number of aromatic nitrogens is 3. The van der Waals surface area contributed by atoms with Gasteiger partial charge in [0.25, 0.3) is 5.91 Å². The average Bonchev–Trinajstić information content (AvgIpc) is 3.33. The summed E-state index contributed by atoms with van der Waals surface area (Å²) in [5, 5.41) is 16.9. The van der Waals surface area contributed by atoms with Gasteiger partial charge in [0, 0.05) is 10.9 Å². The van der Waals surface area contributed by atoms with E-state index in [1.807, 2.05) is 32.0 Å². The second-order valence-electron chi connectivity index (χ2n) is 6.97. The summed E-state index contributed by atoms with van der Waals surface area (Å²) in [7, 11) is 0. The zero-order chi connectivity index (χ0) is 21.8. The second kappa shape index (κ2) is 8.70. The molecule has 2 aromatic carbocycles. The molecule has 0 fully saturated rings. The van der Waals surface area contributed by atoms with Crippen molar-refractivity contribution in [3.05, 3.63) is 71.1 Å². The molecule has 0 aliphatic heterocycles. The van der Waals surface area contributed by atoms with E-state index < -0.39 is 0 Å². The first-order valence-corrected chi connectivity index (χ1v) is 9.67. The Morgan fingerprint density at radius 3 is 2.68 bits per heavy atom. The van der Waals surface area contributed by atoms with Crippen LogP contribution in [0.15, 0.2) is 53.1 Å². The quantitative estimate of drug-likeness (QED) is 0.423. The van der Waals surface area contributed by atoms with Gasteiger partial charge in [-0.2, -0.15) is 5.10 Å². The summed E-state index contributed by atoms with van der Waals surface area (Å²) >= 11 is 0. The Morgan fingerprint density at radius 1 is 1.13 bits per heavy atom. The minimum absolute atomic E-state index is 0.176. The lowest BCUT2D eigenvalue weighted by Gasteiger charge is -2.07. The van der Waals surface area contributed by atoms with E-state index in [1.54, 1.807) is 30.3 Å². The normalized spacial score (nSPS) is 10.8. The van der Waals surface area contributed by atoms with E-state index in [0.29, 0.717) is 34.9 Å². The number of fused-ring (bicyclic) bond motifs is 1. The fraction of sp³-hybridized carbons (Fsp3) is 0.182. The van der Waals surface area contributed by atoms with Gasteiger partial charge in [-0.3, -0.25) is 14.7 Å². The van der Waals surface area contributed by atoms with Gasteiger partial charge in [0.1, 0.15) is 18.1 Å².